The van der Waals surface area contributed by atoms with Crippen molar-refractivity contribution in [3.05, 3.63) is 23.9 Å². The number of halogens is 2. The Morgan fingerprint density at radius 3 is 2.79 bits per heavy atom. The van der Waals surface area contributed by atoms with Crippen LogP contribution in [0.1, 0.15) is 31.7 Å². The van der Waals surface area contributed by atoms with Gasteiger partial charge >= 0.3 is 0 Å². The SMILES string of the molecule is CCC1(C(=O)Nc2cc(C)ccn2)CCCN1.Cl.Cl. The standard InChI is InChI=1S/C13H19N3O.2ClH/c1-3-13(6-4-7-15-13)12(17)16-11-9-10(2)5-8-14-11;;/h5,8-9,15H,3-4,6-7H2,1-2H3,(H,14,16,17);2*1H. The third-order valence-corrected chi connectivity index (χ3v) is 3.44. The number of hydrogen-bond donors (Lipinski definition) is 2. The molecule has 1 fully saturated rings. The van der Waals surface area contributed by atoms with Crippen molar-refractivity contribution in [3.8, 4) is 0 Å². The molecule has 0 aliphatic carbocycles. The topological polar surface area (TPSA) is 54.0 Å². The van der Waals surface area contributed by atoms with Crippen LogP contribution in [0, 0.1) is 6.92 Å². The first-order valence-electron chi connectivity index (χ1n) is 6.15. The average molecular weight is 306 g/mol. The van der Waals surface area contributed by atoms with E-state index in [1.54, 1.807) is 6.20 Å². The zero-order valence-corrected chi connectivity index (χ0v) is 12.9. The van der Waals surface area contributed by atoms with Crippen molar-refractivity contribution < 1.29 is 4.79 Å². The van der Waals surface area contributed by atoms with Crippen molar-refractivity contribution in [1.82, 2.24) is 10.3 Å². The molecule has 0 radical (unpaired) electrons. The van der Waals surface area contributed by atoms with Gasteiger partial charge < -0.3 is 10.6 Å². The molecule has 4 nitrogen and oxygen atoms in total. The normalized spacial score (nSPS) is 21.2. The lowest BCUT2D eigenvalue weighted by Gasteiger charge is -2.26. The van der Waals surface area contributed by atoms with Crippen molar-refractivity contribution in [2.75, 3.05) is 11.9 Å². The molecule has 2 rings (SSSR count). The Bertz CT molecular complexity index is 420. The van der Waals surface area contributed by atoms with E-state index in [1.165, 1.54) is 0 Å². The number of carbonyl (C=O) groups is 1. The molecular formula is C13H21Cl2N3O. The van der Waals surface area contributed by atoms with E-state index in [-0.39, 0.29) is 30.7 Å². The maximum absolute atomic E-state index is 12.3. The van der Waals surface area contributed by atoms with Crippen molar-refractivity contribution in [2.45, 2.75) is 38.6 Å². The second kappa shape index (κ2) is 7.68. The molecule has 1 aromatic heterocycles. The fraction of sp³-hybridized carbons (Fsp3) is 0.538. The third-order valence-electron chi connectivity index (χ3n) is 3.44. The number of aromatic nitrogens is 1. The molecule has 1 atom stereocenters. The molecule has 0 saturated carbocycles. The molecule has 2 N–H and O–H groups in total. The van der Waals surface area contributed by atoms with Gasteiger partial charge in [-0.15, -0.1) is 24.8 Å². The van der Waals surface area contributed by atoms with E-state index in [9.17, 15) is 4.79 Å². The van der Waals surface area contributed by atoms with E-state index >= 15 is 0 Å². The number of aryl methyl sites for hydroxylation is 1. The van der Waals surface area contributed by atoms with Gasteiger partial charge in [0.15, 0.2) is 0 Å². The first-order valence-corrected chi connectivity index (χ1v) is 6.15. The smallest absolute Gasteiger partial charge is 0.245 e. The molecule has 0 bridgehead atoms. The zero-order chi connectivity index (χ0) is 12.3. The van der Waals surface area contributed by atoms with Crippen LogP contribution in [-0.4, -0.2) is 23.0 Å². The highest BCUT2D eigenvalue weighted by atomic mass is 35.5. The van der Waals surface area contributed by atoms with Crippen molar-refractivity contribution in [1.29, 1.82) is 0 Å². The average Bonchev–Trinajstić information content (AvgIpc) is 2.78. The van der Waals surface area contributed by atoms with E-state index < -0.39 is 5.54 Å². The number of nitrogens with zero attached hydrogens (tertiary/aromatic N) is 1. The highest BCUT2D eigenvalue weighted by Gasteiger charge is 2.39. The van der Waals surface area contributed by atoms with E-state index in [2.05, 4.69) is 15.6 Å². The van der Waals surface area contributed by atoms with Crippen molar-refractivity contribution in [3.63, 3.8) is 0 Å². The lowest BCUT2D eigenvalue weighted by molar-refractivity contribution is -0.122. The van der Waals surface area contributed by atoms with Gasteiger partial charge in [0, 0.05) is 6.20 Å². The summed E-state index contributed by atoms with van der Waals surface area (Å²) in [6, 6.07) is 3.80. The summed E-state index contributed by atoms with van der Waals surface area (Å²) in [7, 11) is 0. The highest BCUT2D eigenvalue weighted by molar-refractivity contribution is 5.97. The quantitative estimate of drug-likeness (QED) is 0.903. The molecule has 1 aliphatic heterocycles. The van der Waals surface area contributed by atoms with Gasteiger partial charge in [0.25, 0.3) is 0 Å². The Morgan fingerprint density at radius 2 is 2.26 bits per heavy atom. The Labute approximate surface area is 126 Å². The molecule has 1 aliphatic rings. The molecular weight excluding hydrogens is 285 g/mol. The molecule has 0 aromatic carbocycles. The summed E-state index contributed by atoms with van der Waals surface area (Å²) < 4.78 is 0. The van der Waals surface area contributed by atoms with Crippen LogP contribution in [0.2, 0.25) is 0 Å². The minimum absolute atomic E-state index is 0. The second-order valence-corrected chi connectivity index (χ2v) is 4.64. The third kappa shape index (κ3) is 4.06. The number of amides is 1. The molecule has 6 heteroatoms. The first kappa shape index (κ1) is 18.2. The summed E-state index contributed by atoms with van der Waals surface area (Å²) in [5, 5.41) is 6.22. The fourth-order valence-corrected chi connectivity index (χ4v) is 2.30. The van der Waals surface area contributed by atoms with Gasteiger partial charge in [-0.05, 0) is 50.4 Å². The number of rotatable bonds is 3. The number of pyridine rings is 1. The zero-order valence-electron chi connectivity index (χ0n) is 11.2. The summed E-state index contributed by atoms with van der Waals surface area (Å²) in [5.41, 5.74) is 0.700. The van der Waals surface area contributed by atoms with Crippen LogP contribution >= 0.6 is 24.8 Å². The summed E-state index contributed by atoms with van der Waals surface area (Å²) in [4.78, 5) is 16.4. The number of nitrogens with one attached hydrogen (secondary N) is 2. The summed E-state index contributed by atoms with van der Waals surface area (Å²) >= 11 is 0. The predicted molar refractivity (Wildman–Crippen MR) is 82.4 cm³/mol. The Hall–Kier alpha value is -0.840. The van der Waals surface area contributed by atoms with Crippen LogP contribution in [0.5, 0.6) is 0 Å². The Kier molecular flexibility index (Phi) is 7.34. The Morgan fingerprint density at radius 1 is 1.53 bits per heavy atom. The number of anilines is 1. The number of carbonyl (C=O) groups excluding carboxylic acids is 1. The van der Waals surface area contributed by atoms with Gasteiger partial charge in [-0.25, -0.2) is 4.98 Å². The summed E-state index contributed by atoms with van der Waals surface area (Å²) in [6.45, 7) is 4.95. The van der Waals surface area contributed by atoms with Crippen LogP contribution in [0.15, 0.2) is 18.3 Å². The van der Waals surface area contributed by atoms with E-state index in [1.807, 2.05) is 26.0 Å². The summed E-state index contributed by atoms with van der Waals surface area (Å²) in [5.74, 6) is 0.673. The summed E-state index contributed by atoms with van der Waals surface area (Å²) in [6.07, 6.45) is 4.49. The first-order chi connectivity index (χ1) is 8.16. The maximum Gasteiger partial charge on any atom is 0.245 e. The van der Waals surface area contributed by atoms with Crippen LogP contribution < -0.4 is 10.6 Å². The minimum atomic E-state index is -0.397. The Balaban J connectivity index is 0.00000162. The lowest BCUT2D eigenvalue weighted by Crippen LogP contribution is -2.50. The van der Waals surface area contributed by atoms with E-state index in [4.69, 9.17) is 0 Å². The fourth-order valence-electron chi connectivity index (χ4n) is 2.30. The molecule has 1 aromatic rings. The lowest BCUT2D eigenvalue weighted by atomic mass is 9.93. The van der Waals surface area contributed by atoms with Gasteiger partial charge in [-0.3, -0.25) is 4.79 Å². The van der Waals surface area contributed by atoms with Crippen LogP contribution in [-0.2, 0) is 4.79 Å². The molecule has 19 heavy (non-hydrogen) atoms. The van der Waals surface area contributed by atoms with Crippen LogP contribution in [0.4, 0.5) is 5.82 Å². The van der Waals surface area contributed by atoms with Gasteiger partial charge in [-0.1, -0.05) is 6.92 Å². The van der Waals surface area contributed by atoms with E-state index in [0.29, 0.717) is 5.82 Å². The van der Waals surface area contributed by atoms with Crippen LogP contribution in [0.25, 0.3) is 0 Å². The molecule has 108 valence electrons. The largest absolute Gasteiger partial charge is 0.309 e. The second-order valence-electron chi connectivity index (χ2n) is 4.64. The molecule has 2 heterocycles. The minimum Gasteiger partial charge on any atom is -0.309 e. The maximum atomic E-state index is 12.3. The molecule has 0 spiro atoms. The van der Waals surface area contributed by atoms with E-state index in [0.717, 1.165) is 31.4 Å². The van der Waals surface area contributed by atoms with Gasteiger partial charge in [0.2, 0.25) is 5.91 Å². The molecule has 1 saturated heterocycles. The van der Waals surface area contributed by atoms with Gasteiger partial charge in [0.1, 0.15) is 5.82 Å². The monoisotopic (exact) mass is 305 g/mol. The molecule has 1 amide bonds. The molecule has 1 unspecified atom stereocenters. The van der Waals surface area contributed by atoms with Crippen molar-refractivity contribution in [2.24, 2.45) is 0 Å². The number of hydrogen-bond acceptors (Lipinski definition) is 3. The predicted octanol–water partition coefficient (Wildman–Crippen LogP) is 2.70. The van der Waals surface area contributed by atoms with Gasteiger partial charge in [0.05, 0.1) is 5.54 Å². The highest BCUT2D eigenvalue weighted by Crippen LogP contribution is 2.24. The van der Waals surface area contributed by atoms with Crippen molar-refractivity contribution >= 4 is 36.5 Å². The van der Waals surface area contributed by atoms with Gasteiger partial charge in [-0.2, -0.15) is 0 Å². The van der Waals surface area contributed by atoms with Crippen LogP contribution in [0.3, 0.4) is 0 Å².